The molecule has 4 nitrogen and oxygen atoms in total. The number of hydrogen-bond acceptors (Lipinski definition) is 3. The molecule has 22 heavy (non-hydrogen) atoms. The highest BCUT2D eigenvalue weighted by molar-refractivity contribution is 5.54. The van der Waals surface area contributed by atoms with Gasteiger partial charge in [-0.2, -0.15) is 13.2 Å². The van der Waals surface area contributed by atoms with Gasteiger partial charge in [0.15, 0.2) is 5.69 Å². The second-order valence-electron chi connectivity index (χ2n) is 4.45. The zero-order chi connectivity index (χ0) is 16.3. The van der Waals surface area contributed by atoms with Gasteiger partial charge in [0, 0.05) is 23.5 Å². The molecular formula is C15H12F3N3O. The Labute approximate surface area is 124 Å². The van der Waals surface area contributed by atoms with E-state index in [2.05, 4.69) is 15.9 Å². The van der Waals surface area contributed by atoms with Crippen molar-refractivity contribution in [3.05, 3.63) is 46.1 Å². The van der Waals surface area contributed by atoms with Gasteiger partial charge in [0.25, 0.3) is 5.56 Å². The molecule has 0 atom stereocenters. The Bertz CT molecular complexity index is 774. The number of nitrogens with zero attached hydrogens (tertiary/aromatic N) is 3. The van der Waals surface area contributed by atoms with Gasteiger partial charge in [-0.3, -0.25) is 14.3 Å². The second-order valence-corrected chi connectivity index (χ2v) is 4.45. The third-order valence-electron chi connectivity index (χ3n) is 3.05. The third-order valence-corrected chi connectivity index (χ3v) is 3.05. The van der Waals surface area contributed by atoms with Gasteiger partial charge in [0.05, 0.1) is 6.54 Å². The average Bonchev–Trinajstić information content (AvgIpc) is 2.48. The lowest BCUT2D eigenvalue weighted by Crippen LogP contribution is -2.31. The van der Waals surface area contributed by atoms with E-state index in [0.717, 1.165) is 4.57 Å². The van der Waals surface area contributed by atoms with Crippen molar-refractivity contribution in [2.75, 3.05) is 0 Å². The molecule has 2 heterocycles. The molecule has 2 rings (SSSR count). The number of terminal acetylenes is 1. The quantitative estimate of drug-likeness (QED) is 0.819. The smallest absolute Gasteiger partial charge is 0.281 e. The first-order valence-electron chi connectivity index (χ1n) is 6.45. The summed E-state index contributed by atoms with van der Waals surface area (Å²) in [6.45, 7) is 1.30. The summed E-state index contributed by atoms with van der Waals surface area (Å²) in [5, 5.41) is 0. The molecule has 114 valence electrons. The van der Waals surface area contributed by atoms with Gasteiger partial charge in [-0.15, -0.1) is 6.42 Å². The van der Waals surface area contributed by atoms with Crippen molar-refractivity contribution in [2.45, 2.75) is 26.1 Å². The summed E-state index contributed by atoms with van der Waals surface area (Å²) in [7, 11) is 0. The molecule has 0 N–H and O–H groups in total. The van der Waals surface area contributed by atoms with Crippen LogP contribution in [0.15, 0.2) is 29.3 Å². The van der Waals surface area contributed by atoms with Gasteiger partial charge in [-0.05, 0) is 18.6 Å². The fourth-order valence-corrected chi connectivity index (χ4v) is 2.10. The highest BCUT2D eigenvalue weighted by Crippen LogP contribution is 2.31. The van der Waals surface area contributed by atoms with Crippen molar-refractivity contribution >= 4 is 0 Å². The van der Waals surface area contributed by atoms with Gasteiger partial charge >= 0.3 is 6.18 Å². The molecule has 0 bridgehead atoms. The monoisotopic (exact) mass is 307 g/mol. The van der Waals surface area contributed by atoms with Gasteiger partial charge < -0.3 is 0 Å². The molecule has 0 saturated heterocycles. The maximum atomic E-state index is 13.2. The molecule has 0 fully saturated rings. The van der Waals surface area contributed by atoms with Crippen LogP contribution >= 0.6 is 0 Å². The predicted octanol–water partition coefficient (Wildman–Crippen LogP) is 2.52. The molecule has 0 saturated carbocycles. The van der Waals surface area contributed by atoms with Crippen molar-refractivity contribution in [2.24, 2.45) is 0 Å². The second kappa shape index (κ2) is 6.02. The SMILES string of the molecule is C#CCn1c(-c2cccnc2)nc(C(F)(F)F)c(CC)c1=O. The Kier molecular flexibility index (Phi) is 4.31. The Morgan fingerprint density at radius 3 is 2.64 bits per heavy atom. The molecule has 0 aromatic carbocycles. The van der Waals surface area contributed by atoms with Crippen molar-refractivity contribution < 1.29 is 13.2 Å². The fourth-order valence-electron chi connectivity index (χ4n) is 2.10. The van der Waals surface area contributed by atoms with Gasteiger partial charge in [-0.1, -0.05) is 12.8 Å². The summed E-state index contributed by atoms with van der Waals surface area (Å²) in [4.78, 5) is 19.9. The Balaban J connectivity index is 2.85. The van der Waals surface area contributed by atoms with Crippen LogP contribution in [0, 0.1) is 12.3 Å². The van der Waals surface area contributed by atoms with E-state index in [1.165, 1.54) is 25.4 Å². The first-order valence-corrected chi connectivity index (χ1v) is 6.45. The van der Waals surface area contributed by atoms with Gasteiger partial charge in [0.2, 0.25) is 0 Å². The lowest BCUT2D eigenvalue weighted by atomic mass is 10.1. The summed E-state index contributed by atoms with van der Waals surface area (Å²) in [5.74, 6) is 2.13. The first-order chi connectivity index (χ1) is 10.4. The van der Waals surface area contributed by atoms with Crippen molar-refractivity contribution in [1.82, 2.24) is 14.5 Å². The molecule has 0 aliphatic rings. The zero-order valence-corrected chi connectivity index (χ0v) is 11.7. The van der Waals surface area contributed by atoms with E-state index in [1.54, 1.807) is 6.07 Å². The minimum atomic E-state index is -4.71. The highest BCUT2D eigenvalue weighted by Gasteiger charge is 2.37. The van der Waals surface area contributed by atoms with Crippen molar-refractivity contribution in [3.63, 3.8) is 0 Å². The van der Waals surface area contributed by atoms with Crippen LogP contribution in [0.5, 0.6) is 0 Å². The molecular weight excluding hydrogens is 295 g/mol. The lowest BCUT2D eigenvalue weighted by molar-refractivity contribution is -0.142. The number of pyridine rings is 1. The Hall–Kier alpha value is -2.62. The number of alkyl halides is 3. The maximum Gasteiger partial charge on any atom is 0.433 e. The molecule has 7 heteroatoms. The number of halogens is 3. The molecule has 0 aliphatic carbocycles. The molecule has 2 aromatic rings. The van der Waals surface area contributed by atoms with Crippen LogP contribution in [-0.4, -0.2) is 14.5 Å². The van der Waals surface area contributed by atoms with Crippen LogP contribution in [-0.2, 0) is 19.1 Å². The third kappa shape index (κ3) is 2.86. The summed E-state index contributed by atoms with van der Waals surface area (Å²) < 4.78 is 40.5. The maximum absolute atomic E-state index is 13.2. The molecule has 2 aromatic heterocycles. The minimum Gasteiger partial charge on any atom is -0.281 e. The van der Waals surface area contributed by atoms with Crippen LogP contribution in [0.4, 0.5) is 13.2 Å². The van der Waals surface area contributed by atoms with Gasteiger partial charge in [-0.25, -0.2) is 4.98 Å². The van der Waals surface area contributed by atoms with Crippen LogP contribution in [0.25, 0.3) is 11.4 Å². The topological polar surface area (TPSA) is 47.8 Å². The van der Waals surface area contributed by atoms with Crippen LogP contribution < -0.4 is 5.56 Å². The molecule has 0 amide bonds. The predicted molar refractivity (Wildman–Crippen MR) is 74.9 cm³/mol. The normalized spacial score (nSPS) is 11.2. The fraction of sp³-hybridized carbons (Fsp3) is 0.267. The summed E-state index contributed by atoms with van der Waals surface area (Å²) >= 11 is 0. The highest BCUT2D eigenvalue weighted by atomic mass is 19.4. The molecule has 0 radical (unpaired) electrons. The largest absolute Gasteiger partial charge is 0.433 e. The van der Waals surface area contributed by atoms with Crippen LogP contribution in [0.2, 0.25) is 0 Å². The van der Waals surface area contributed by atoms with Crippen LogP contribution in [0.3, 0.4) is 0 Å². The van der Waals surface area contributed by atoms with Crippen molar-refractivity contribution in [3.8, 4) is 23.7 Å². The summed E-state index contributed by atoms with van der Waals surface area (Å²) in [5.41, 5.74) is -2.05. The van der Waals surface area contributed by atoms with Crippen LogP contribution in [0.1, 0.15) is 18.2 Å². The molecule has 0 aliphatic heterocycles. The standard InChI is InChI=1S/C15H12F3N3O/c1-3-8-21-13(10-6-5-7-19-9-10)20-12(15(16,17)18)11(4-2)14(21)22/h1,5-7,9H,4,8H2,2H3. The van der Waals surface area contributed by atoms with E-state index in [4.69, 9.17) is 6.42 Å². The van der Waals surface area contributed by atoms with E-state index >= 15 is 0 Å². The Morgan fingerprint density at radius 2 is 2.14 bits per heavy atom. The Morgan fingerprint density at radius 1 is 1.41 bits per heavy atom. The number of rotatable bonds is 3. The zero-order valence-electron chi connectivity index (χ0n) is 11.7. The van der Waals surface area contributed by atoms with Crippen molar-refractivity contribution in [1.29, 1.82) is 0 Å². The van der Waals surface area contributed by atoms with E-state index < -0.39 is 23.0 Å². The van der Waals surface area contributed by atoms with Gasteiger partial charge in [0.1, 0.15) is 5.82 Å². The van der Waals surface area contributed by atoms with E-state index in [-0.39, 0.29) is 18.8 Å². The van der Waals surface area contributed by atoms with E-state index in [9.17, 15) is 18.0 Å². The van der Waals surface area contributed by atoms with E-state index in [1.807, 2.05) is 0 Å². The lowest BCUT2D eigenvalue weighted by Gasteiger charge is -2.16. The first kappa shape index (κ1) is 15.8. The number of aromatic nitrogens is 3. The molecule has 0 spiro atoms. The minimum absolute atomic E-state index is 0.0848. The number of hydrogen-bond donors (Lipinski definition) is 0. The summed E-state index contributed by atoms with van der Waals surface area (Å²) in [6.07, 6.45) is 3.22. The molecule has 0 unspecified atom stereocenters. The summed E-state index contributed by atoms with van der Waals surface area (Å²) in [6, 6.07) is 3.07. The van der Waals surface area contributed by atoms with E-state index in [0.29, 0.717) is 5.56 Å². The average molecular weight is 307 g/mol.